The molecule has 0 unspecified atom stereocenters. The fourth-order valence-corrected chi connectivity index (χ4v) is 3.61. The van der Waals surface area contributed by atoms with Gasteiger partial charge in [-0.3, -0.25) is 0 Å². The van der Waals surface area contributed by atoms with Crippen LogP contribution in [0.2, 0.25) is 0 Å². The summed E-state index contributed by atoms with van der Waals surface area (Å²) in [4.78, 5) is 12.2. The number of hydrogen-bond acceptors (Lipinski definition) is 3. The molecular formula is C13H16Br2N2O2S. The van der Waals surface area contributed by atoms with Crippen molar-refractivity contribution in [2.75, 3.05) is 4.31 Å². The summed E-state index contributed by atoms with van der Waals surface area (Å²) >= 11 is 10.7. The number of nitrogens with zero attached hydrogens (tertiary/aromatic N) is 1. The Morgan fingerprint density at radius 2 is 1.80 bits per heavy atom. The Morgan fingerprint density at radius 1 is 1.25 bits per heavy atom. The number of urea groups is 1. The molecule has 1 saturated carbocycles. The normalized spacial score (nSPS) is 15.9. The van der Waals surface area contributed by atoms with Crippen LogP contribution in [0.3, 0.4) is 0 Å². The molecule has 0 atom stereocenters. The molecule has 4 nitrogen and oxygen atoms in total. The summed E-state index contributed by atoms with van der Waals surface area (Å²) in [5.41, 5.74) is 0.582. The number of aromatic hydroxyl groups is 1. The molecule has 0 bridgehead atoms. The summed E-state index contributed by atoms with van der Waals surface area (Å²) in [7, 11) is 0. The molecule has 2 rings (SSSR count). The Morgan fingerprint density at radius 3 is 2.35 bits per heavy atom. The third-order valence-electron chi connectivity index (χ3n) is 3.37. The number of thiol groups is 1. The van der Waals surface area contributed by atoms with Gasteiger partial charge in [0.2, 0.25) is 0 Å². The van der Waals surface area contributed by atoms with Crippen LogP contribution in [0.15, 0.2) is 21.1 Å². The number of rotatable bonds is 2. The van der Waals surface area contributed by atoms with E-state index in [0.717, 1.165) is 25.7 Å². The summed E-state index contributed by atoms with van der Waals surface area (Å²) in [6, 6.07) is 3.28. The second-order valence-electron chi connectivity index (χ2n) is 4.85. The monoisotopic (exact) mass is 422 g/mol. The van der Waals surface area contributed by atoms with Crippen molar-refractivity contribution in [2.45, 2.75) is 38.1 Å². The molecular weight excluding hydrogens is 408 g/mol. The van der Waals surface area contributed by atoms with Gasteiger partial charge >= 0.3 is 6.03 Å². The average Bonchev–Trinajstić information content (AvgIpc) is 2.44. The van der Waals surface area contributed by atoms with Gasteiger partial charge in [0, 0.05) is 6.04 Å². The van der Waals surface area contributed by atoms with Gasteiger partial charge in [0.25, 0.3) is 0 Å². The van der Waals surface area contributed by atoms with Crippen molar-refractivity contribution < 1.29 is 9.90 Å². The first kappa shape index (κ1) is 16.0. The first-order valence-corrected chi connectivity index (χ1v) is 8.45. The Kier molecular flexibility index (Phi) is 5.63. The van der Waals surface area contributed by atoms with E-state index in [1.165, 1.54) is 10.7 Å². The molecule has 0 saturated heterocycles. The van der Waals surface area contributed by atoms with Crippen LogP contribution in [-0.4, -0.2) is 17.2 Å². The van der Waals surface area contributed by atoms with Crippen LogP contribution < -0.4 is 9.62 Å². The lowest BCUT2D eigenvalue weighted by molar-refractivity contribution is 0.242. The van der Waals surface area contributed by atoms with Gasteiger partial charge in [-0.05, 0) is 56.8 Å². The van der Waals surface area contributed by atoms with E-state index in [9.17, 15) is 9.90 Å². The van der Waals surface area contributed by atoms with Crippen LogP contribution in [-0.2, 0) is 0 Å². The number of phenols is 1. The van der Waals surface area contributed by atoms with E-state index >= 15 is 0 Å². The van der Waals surface area contributed by atoms with E-state index in [0.29, 0.717) is 14.6 Å². The number of halogens is 2. The van der Waals surface area contributed by atoms with E-state index in [1.807, 2.05) is 0 Å². The Balaban J connectivity index is 2.06. The molecule has 20 heavy (non-hydrogen) atoms. The maximum atomic E-state index is 12.2. The zero-order valence-electron chi connectivity index (χ0n) is 10.8. The van der Waals surface area contributed by atoms with Crippen LogP contribution in [0.5, 0.6) is 5.75 Å². The highest BCUT2D eigenvalue weighted by molar-refractivity contribution is 9.11. The van der Waals surface area contributed by atoms with E-state index in [4.69, 9.17) is 0 Å². The van der Waals surface area contributed by atoms with Crippen molar-refractivity contribution in [1.29, 1.82) is 0 Å². The lowest BCUT2D eigenvalue weighted by Crippen LogP contribution is -2.42. The SMILES string of the molecule is O=C(NC1CCCCC1)N(S)c1cc(Br)c(O)c(Br)c1. The fraction of sp³-hybridized carbons (Fsp3) is 0.462. The molecule has 0 heterocycles. The average molecular weight is 424 g/mol. The molecule has 2 N–H and O–H groups in total. The van der Waals surface area contributed by atoms with E-state index in [1.54, 1.807) is 12.1 Å². The summed E-state index contributed by atoms with van der Waals surface area (Å²) in [6.07, 6.45) is 5.61. The highest BCUT2D eigenvalue weighted by Gasteiger charge is 2.20. The maximum Gasteiger partial charge on any atom is 0.332 e. The predicted molar refractivity (Wildman–Crippen MR) is 90.4 cm³/mol. The molecule has 1 aliphatic carbocycles. The standard InChI is InChI=1S/C13H16Br2N2O2S/c14-10-6-9(7-11(15)12(10)18)17(20)13(19)16-8-4-2-1-3-5-8/h6-8,18,20H,1-5H2,(H,16,19). The Bertz CT molecular complexity index is 484. The number of phenolic OH excluding ortho intramolecular Hbond substituents is 1. The first-order chi connectivity index (χ1) is 9.49. The molecule has 1 aromatic carbocycles. The van der Waals surface area contributed by atoms with Gasteiger partial charge in [0.1, 0.15) is 5.75 Å². The number of nitrogens with one attached hydrogen (secondary N) is 1. The Labute approximate surface area is 140 Å². The van der Waals surface area contributed by atoms with Crippen molar-refractivity contribution in [1.82, 2.24) is 5.32 Å². The van der Waals surface area contributed by atoms with E-state index in [2.05, 4.69) is 50.0 Å². The van der Waals surface area contributed by atoms with Crippen LogP contribution in [0.1, 0.15) is 32.1 Å². The molecule has 2 amide bonds. The number of carbonyl (C=O) groups excluding carboxylic acids is 1. The predicted octanol–water partition coefficient (Wildman–Crippen LogP) is 4.61. The fourth-order valence-electron chi connectivity index (χ4n) is 2.27. The Hall–Kier alpha value is -0.400. The largest absolute Gasteiger partial charge is 0.506 e. The molecule has 0 radical (unpaired) electrons. The lowest BCUT2D eigenvalue weighted by atomic mass is 9.96. The third-order valence-corrected chi connectivity index (χ3v) is 4.99. The minimum absolute atomic E-state index is 0.100. The molecule has 110 valence electrons. The summed E-state index contributed by atoms with van der Waals surface area (Å²) in [6.45, 7) is 0. The van der Waals surface area contributed by atoms with Crippen LogP contribution in [0, 0.1) is 0 Å². The van der Waals surface area contributed by atoms with Gasteiger partial charge < -0.3 is 10.4 Å². The minimum atomic E-state index is -0.246. The molecule has 1 aliphatic rings. The van der Waals surface area contributed by atoms with Gasteiger partial charge in [-0.25, -0.2) is 9.10 Å². The molecule has 0 spiro atoms. The van der Waals surface area contributed by atoms with Gasteiger partial charge in [0.05, 0.1) is 14.6 Å². The number of anilines is 1. The van der Waals surface area contributed by atoms with Gasteiger partial charge in [-0.1, -0.05) is 32.1 Å². The number of hydrogen-bond donors (Lipinski definition) is 3. The molecule has 1 fully saturated rings. The zero-order chi connectivity index (χ0) is 14.7. The zero-order valence-corrected chi connectivity index (χ0v) is 14.8. The van der Waals surface area contributed by atoms with Crippen LogP contribution in [0.25, 0.3) is 0 Å². The second kappa shape index (κ2) is 7.04. The molecule has 7 heteroatoms. The van der Waals surface area contributed by atoms with Crippen LogP contribution in [0.4, 0.5) is 10.5 Å². The number of carbonyl (C=O) groups is 1. The summed E-state index contributed by atoms with van der Waals surface area (Å²) < 4.78 is 2.27. The second-order valence-corrected chi connectivity index (χ2v) is 6.96. The first-order valence-electron chi connectivity index (χ1n) is 6.46. The van der Waals surface area contributed by atoms with Crippen molar-refractivity contribution in [3.63, 3.8) is 0 Å². The van der Waals surface area contributed by atoms with Gasteiger partial charge in [-0.2, -0.15) is 0 Å². The highest BCUT2D eigenvalue weighted by atomic mass is 79.9. The van der Waals surface area contributed by atoms with Crippen molar-refractivity contribution in [3.8, 4) is 5.75 Å². The third kappa shape index (κ3) is 3.83. The molecule has 1 aromatic rings. The summed E-state index contributed by atoms with van der Waals surface area (Å²) in [5.74, 6) is 0.100. The van der Waals surface area contributed by atoms with E-state index in [-0.39, 0.29) is 17.8 Å². The van der Waals surface area contributed by atoms with Gasteiger partial charge in [-0.15, -0.1) is 0 Å². The van der Waals surface area contributed by atoms with E-state index < -0.39 is 0 Å². The van der Waals surface area contributed by atoms with Crippen molar-refractivity contribution >= 4 is 56.4 Å². The van der Waals surface area contributed by atoms with Gasteiger partial charge in [0.15, 0.2) is 0 Å². The summed E-state index contributed by atoms with van der Waals surface area (Å²) in [5, 5.41) is 12.7. The lowest BCUT2D eigenvalue weighted by Gasteiger charge is -2.25. The number of amides is 2. The number of benzene rings is 1. The smallest absolute Gasteiger partial charge is 0.332 e. The topological polar surface area (TPSA) is 52.6 Å². The van der Waals surface area contributed by atoms with Crippen molar-refractivity contribution in [3.05, 3.63) is 21.1 Å². The van der Waals surface area contributed by atoms with Crippen molar-refractivity contribution in [2.24, 2.45) is 0 Å². The van der Waals surface area contributed by atoms with Crippen LogP contribution >= 0.6 is 44.7 Å². The minimum Gasteiger partial charge on any atom is -0.506 e. The molecule has 0 aromatic heterocycles. The molecule has 0 aliphatic heterocycles. The quantitative estimate of drug-likeness (QED) is 0.608. The highest BCUT2D eigenvalue weighted by Crippen LogP contribution is 2.37. The maximum absolute atomic E-state index is 12.2.